The molecule has 0 saturated carbocycles. The van der Waals surface area contributed by atoms with Crippen molar-refractivity contribution < 1.29 is 0 Å². The van der Waals surface area contributed by atoms with E-state index in [9.17, 15) is 0 Å². The van der Waals surface area contributed by atoms with Crippen LogP contribution in [0.25, 0.3) is 0 Å². The van der Waals surface area contributed by atoms with Crippen LogP contribution in [-0.4, -0.2) is 0 Å². The molecule has 0 fully saturated rings. The molecule has 0 aliphatic rings. The number of hydrazine groups is 1. The van der Waals surface area contributed by atoms with Gasteiger partial charge in [-0.3, -0.25) is 5.84 Å². The molecule has 3 N–H and O–H groups in total. The van der Waals surface area contributed by atoms with E-state index in [2.05, 4.69) is 55.8 Å². The molecule has 1 aromatic heterocycles. The van der Waals surface area contributed by atoms with E-state index in [4.69, 9.17) is 5.84 Å². The van der Waals surface area contributed by atoms with Gasteiger partial charge in [0.25, 0.3) is 0 Å². The smallest absolute Gasteiger partial charge is 0.0723 e. The molecule has 2 rings (SSSR count). The van der Waals surface area contributed by atoms with Gasteiger partial charge >= 0.3 is 0 Å². The third-order valence-electron chi connectivity index (χ3n) is 3.11. The fraction of sp³-hybridized carbons (Fsp3) is 0.286. The Morgan fingerprint density at radius 1 is 1.12 bits per heavy atom. The molecule has 1 aromatic carbocycles. The highest BCUT2D eigenvalue weighted by Gasteiger charge is 2.17. The number of rotatable bonds is 3. The third kappa shape index (κ3) is 2.41. The maximum absolute atomic E-state index is 5.73. The Morgan fingerprint density at radius 2 is 1.88 bits per heavy atom. The van der Waals surface area contributed by atoms with Crippen LogP contribution in [0.1, 0.15) is 33.2 Å². The molecule has 2 nitrogen and oxygen atoms in total. The molecule has 0 amide bonds. The van der Waals surface area contributed by atoms with Crippen LogP contribution in [-0.2, 0) is 0 Å². The normalized spacial score (nSPS) is 12.7. The minimum atomic E-state index is 0.0850. The van der Waals surface area contributed by atoms with Gasteiger partial charge in [0.15, 0.2) is 0 Å². The molecule has 0 aliphatic carbocycles. The van der Waals surface area contributed by atoms with E-state index in [-0.39, 0.29) is 6.04 Å². The topological polar surface area (TPSA) is 38.0 Å². The summed E-state index contributed by atoms with van der Waals surface area (Å²) in [6, 6.07) is 8.72. The molecule has 0 spiro atoms. The van der Waals surface area contributed by atoms with Gasteiger partial charge in [0.1, 0.15) is 0 Å². The molecule has 90 valence electrons. The van der Waals surface area contributed by atoms with Gasteiger partial charge in [-0.15, -0.1) is 11.3 Å². The Balaban J connectivity index is 2.46. The summed E-state index contributed by atoms with van der Waals surface area (Å²) in [5.41, 5.74) is 8.00. The van der Waals surface area contributed by atoms with Crippen molar-refractivity contribution in [3.05, 3.63) is 56.8 Å². The zero-order valence-electron chi connectivity index (χ0n) is 10.4. The molecule has 17 heavy (non-hydrogen) atoms. The van der Waals surface area contributed by atoms with Crippen molar-refractivity contribution in [2.45, 2.75) is 26.8 Å². The highest BCUT2D eigenvalue weighted by Crippen LogP contribution is 2.29. The lowest BCUT2D eigenvalue weighted by Gasteiger charge is -2.19. The number of thiophene rings is 1. The summed E-state index contributed by atoms with van der Waals surface area (Å²) in [5.74, 6) is 5.73. The van der Waals surface area contributed by atoms with E-state index in [1.807, 2.05) is 0 Å². The molecule has 1 unspecified atom stereocenters. The maximum Gasteiger partial charge on any atom is 0.0723 e. The summed E-state index contributed by atoms with van der Waals surface area (Å²) in [6.45, 7) is 6.37. The lowest BCUT2D eigenvalue weighted by molar-refractivity contribution is 0.633. The fourth-order valence-electron chi connectivity index (χ4n) is 2.19. The van der Waals surface area contributed by atoms with Gasteiger partial charge in [-0.25, -0.2) is 5.43 Å². The van der Waals surface area contributed by atoms with Crippen LogP contribution in [0.5, 0.6) is 0 Å². The van der Waals surface area contributed by atoms with Gasteiger partial charge in [-0.2, -0.15) is 0 Å². The van der Waals surface area contributed by atoms with Crippen molar-refractivity contribution in [1.29, 1.82) is 0 Å². The first-order valence-electron chi connectivity index (χ1n) is 5.70. The van der Waals surface area contributed by atoms with Crippen molar-refractivity contribution in [2.75, 3.05) is 0 Å². The standard InChI is InChI=1S/C14H18N2S/c1-9-4-5-12(10(2)8-9)14(16-15)13-6-7-17-11(13)3/h4-8,14,16H,15H2,1-3H3. The first kappa shape index (κ1) is 12.3. The second-order valence-electron chi connectivity index (χ2n) is 4.39. The SMILES string of the molecule is Cc1ccc(C(NN)c2ccsc2C)c(C)c1. The van der Waals surface area contributed by atoms with Gasteiger partial charge in [0.05, 0.1) is 6.04 Å². The van der Waals surface area contributed by atoms with Crippen molar-refractivity contribution >= 4 is 11.3 Å². The van der Waals surface area contributed by atoms with Gasteiger partial charge in [0.2, 0.25) is 0 Å². The molecular formula is C14H18N2S. The minimum Gasteiger partial charge on any atom is -0.271 e. The minimum absolute atomic E-state index is 0.0850. The molecule has 1 atom stereocenters. The van der Waals surface area contributed by atoms with Crippen LogP contribution in [0.4, 0.5) is 0 Å². The second-order valence-corrected chi connectivity index (χ2v) is 5.51. The van der Waals surface area contributed by atoms with Crippen LogP contribution in [0.15, 0.2) is 29.6 Å². The van der Waals surface area contributed by atoms with Gasteiger partial charge in [-0.1, -0.05) is 23.8 Å². The highest BCUT2D eigenvalue weighted by atomic mass is 32.1. The van der Waals surface area contributed by atoms with Crippen LogP contribution in [0.3, 0.4) is 0 Å². The predicted octanol–water partition coefficient (Wildman–Crippen LogP) is 3.23. The number of nitrogens with two attached hydrogens (primary N) is 1. The van der Waals surface area contributed by atoms with Crippen LogP contribution in [0.2, 0.25) is 0 Å². The quantitative estimate of drug-likeness (QED) is 0.644. The summed E-state index contributed by atoms with van der Waals surface area (Å²) in [6.07, 6.45) is 0. The fourth-order valence-corrected chi connectivity index (χ4v) is 2.93. The summed E-state index contributed by atoms with van der Waals surface area (Å²) in [7, 11) is 0. The predicted molar refractivity (Wildman–Crippen MR) is 74.1 cm³/mol. The van der Waals surface area contributed by atoms with E-state index >= 15 is 0 Å². The Bertz CT molecular complexity index is 517. The van der Waals surface area contributed by atoms with E-state index < -0.39 is 0 Å². The lowest BCUT2D eigenvalue weighted by Crippen LogP contribution is -2.29. The second kappa shape index (κ2) is 5.00. The average Bonchev–Trinajstić information content (AvgIpc) is 2.69. The number of hydrogen-bond donors (Lipinski definition) is 2. The summed E-state index contributed by atoms with van der Waals surface area (Å²) < 4.78 is 0. The largest absolute Gasteiger partial charge is 0.271 e. The van der Waals surface area contributed by atoms with Crippen molar-refractivity contribution in [3.8, 4) is 0 Å². The van der Waals surface area contributed by atoms with E-state index in [0.29, 0.717) is 0 Å². The maximum atomic E-state index is 5.73. The van der Waals surface area contributed by atoms with Crippen LogP contribution in [0, 0.1) is 20.8 Å². The number of nitrogens with one attached hydrogen (secondary N) is 1. The summed E-state index contributed by atoms with van der Waals surface area (Å²) in [4.78, 5) is 1.31. The van der Waals surface area contributed by atoms with Crippen LogP contribution >= 0.6 is 11.3 Å². The summed E-state index contributed by atoms with van der Waals surface area (Å²) >= 11 is 1.76. The number of benzene rings is 1. The molecule has 3 heteroatoms. The molecule has 0 bridgehead atoms. The lowest BCUT2D eigenvalue weighted by atomic mass is 9.95. The third-order valence-corrected chi connectivity index (χ3v) is 3.97. The monoisotopic (exact) mass is 246 g/mol. The number of aryl methyl sites for hydroxylation is 3. The Labute approximate surface area is 106 Å². The van der Waals surface area contributed by atoms with Gasteiger partial charge < -0.3 is 0 Å². The zero-order chi connectivity index (χ0) is 12.4. The Kier molecular flexibility index (Phi) is 3.62. The molecule has 0 aliphatic heterocycles. The van der Waals surface area contributed by atoms with Gasteiger partial charge in [0, 0.05) is 4.88 Å². The van der Waals surface area contributed by atoms with E-state index in [0.717, 1.165) is 0 Å². The van der Waals surface area contributed by atoms with Crippen molar-refractivity contribution in [1.82, 2.24) is 5.43 Å². The van der Waals surface area contributed by atoms with E-state index in [1.165, 1.54) is 27.1 Å². The van der Waals surface area contributed by atoms with Crippen molar-refractivity contribution in [2.24, 2.45) is 5.84 Å². The first-order valence-corrected chi connectivity index (χ1v) is 6.58. The molecule has 0 saturated heterocycles. The van der Waals surface area contributed by atoms with Crippen LogP contribution < -0.4 is 11.3 Å². The highest BCUT2D eigenvalue weighted by molar-refractivity contribution is 7.10. The van der Waals surface area contributed by atoms with Gasteiger partial charge in [-0.05, 0) is 48.9 Å². The molecule has 2 aromatic rings. The van der Waals surface area contributed by atoms with Crippen molar-refractivity contribution in [3.63, 3.8) is 0 Å². The Hall–Kier alpha value is -1.16. The Morgan fingerprint density at radius 3 is 2.41 bits per heavy atom. The molecule has 0 radical (unpaired) electrons. The van der Waals surface area contributed by atoms with E-state index in [1.54, 1.807) is 11.3 Å². The zero-order valence-corrected chi connectivity index (χ0v) is 11.3. The summed E-state index contributed by atoms with van der Waals surface area (Å²) in [5, 5.41) is 2.11. The average molecular weight is 246 g/mol. The first-order chi connectivity index (χ1) is 8.13. The number of hydrogen-bond acceptors (Lipinski definition) is 3. The molecular weight excluding hydrogens is 228 g/mol. The molecule has 1 heterocycles.